The van der Waals surface area contributed by atoms with Crippen LogP contribution in [0.5, 0.6) is 11.5 Å². The van der Waals surface area contributed by atoms with Crippen molar-refractivity contribution in [2.75, 3.05) is 7.11 Å². The number of carbonyl (C=O) groups excluding carboxylic acids is 1. The lowest BCUT2D eigenvalue weighted by Gasteiger charge is -2.13. The third-order valence-electron chi connectivity index (χ3n) is 4.32. The summed E-state index contributed by atoms with van der Waals surface area (Å²) >= 11 is 9.65. The molecule has 4 nitrogen and oxygen atoms in total. The SMILES string of the molecule is COc1cc(C=CC(=O)NCc2ccccc2Cl)cc(Br)c1OCc1ccccc1. The number of rotatable bonds is 8. The highest BCUT2D eigenvalue weighted by atomic mass is 79.9. The molecule has 0 bridgehead atoms. The first-order chi connectivity index (χ1) is 14.6. The van der Waals surface area contributed by atoms with E-state index in [1.54, 1.807) is 19.3 Å². The van der Waals surface area contributed by atoms with Crippen LogP contribution in [-0.2, 0) is 17.9 Å². The average molecular weight is 487 g/mol. The summed E-state index contributed by atoms with van der Waals surface area (Å²) in [5.74, 6) is 0.979. The summed E-state index contributed by atoms with van der Waals surface area (Å²) in [5, 5.41) is 3.45. The third-order valence-corrected chi connectivity index (χ3v) is 5.27. The summed E-state index contributed by atoms with van der Waals surface area (Å²) in [5.41, 5.74) is 2.73. The van der Waals surface area contributed by atoms with Gasteiger partial charge >= 0.3 is 0 Å². The van der Waals surface area contributed by atoms with Crippen molar-refractivity contribution >= 4 is 39.5 Å². The van der Waals surface area contributed by atoms with Crippen molar-refractivity contribution in [1.29, 1.82) is 0 Å². The minimum atomic E-state index is -0.214. The van der Waals surface area contributed by atoms with E-state index in [2.05, 4.69) is 21.2 Å². The Labute approximate surface area is 189 Å². The van der Waals surface area contributed by atoms with E-state index in [1.807, 2.05) is 60.7 Å². The van der Waals surface area contributed by atoms with Gasteiger partial charge in [-0.2, -0.15) is 0 Å². The van der Waals surface area contributed by atoms with Gasteiger partial charge in [-0.15, -0.1) is 0 Å². The second kappa shape index (κ2) is 10.9. The molecule has 30 heavy (non-hydrogen) atoms. The molecule has 0 aliphatic heterocycles. The van der Waals surface area contributed by atoms with Crippen LogP contribution in [0.1, 0.15) is 16.7 Å². The summed E-state index contributed by atoms with van der Waals surface area (Å²) in [4.78, 5) is 12.2. The van der Waals surface area contributed by atoms with Crippen LogP contribution in [-0.4, -0.2) is 13.0 Å². The van der Waals surface area contributed by atoms with Crippen molar-refractivity contribution in [3.63, 3.8) is 0 Å². The molecule has 0 aliphatic carbocycles. The molecule has 154 valence electrons. The van der Waals surface area contributed by atoms with Gasteiger partial charge < -0.3 is 14.8 Å². The summed E-state index contributed by atoms with van der Waals surface area (Å²) in [6, 6.07) is 21.0. The second-order valence-corrected chi connectivity index (χ2v) is 7.71. The predicted octanol–water partition coefficient (Wildman–Crippen LogP) is 6.02. The van der Waals surface area contributed by atoms with E-state index in [0.29, 0.717) is 29.7 Å². The smallest absolute Gasteiger partial charge is 0.244 e. The maximum atomic E-state index is 12.2. The van der Waals surface area contributed by atoms with E-state index in [9.17, 15) is 4.79 Å². The maximum Gasteiger partial charge on any atom is 0.244 e. The fourth-order valence-electron chi connectivity index (χ4n) is 2.76. The summed E-state index contributed by atoms with van der Waals surface area (Å²) < 4.78 is 12.2. The molecule has 0 saturated carbocycles. The number of benzene rings is 3. The van der Waals surface area contributed by atoms with Crippen molar-refractivity contribution < 1.29 is 14.3 Å². The Hall–Kier alpha value is -2.76. The number of nitrogens with one attached hydrogen (secondary N) is 1. The van der Waals surface area contributed by atoms with Gasteiger partial charge in [0, 0.05) is 17.6 Å². The van der Waals surface area contributed by atoms with Gasteiger partial charge in [0.25, 0.3) is 0 Å². The molecule has 0 spiro atoms. The van der Waals surface area contributed by atoms with E-state index >= 15 is 0 Å². The predicted molar refractivity (Wildman–Crippen MR) is 124 cm³/mol. The second-order valence-electron chi connectivity index (χ2n) is 6.45. The zero-order chi connectivity index (χ0) is 21.3. The summed E-state index contributed by atoms with van der Waals surface area (Å²) in [6.45, 7) is 0.789. The number of hydrogen-bond acceptors (Lipinski definition) is 3. The maximum absolute atomic E-state index is 12.2. The van der Waals surface area contributed by atoms with Crippen LogP contribution in [0.25, 0.3) is 6.08 Å². The Morgan fingerprint density at radius 2 is 1.83 bits per heavy atom. The van der Waals surface area contributed by atoms with Gasteiger partial charge in [-0.1, -0.05) is 60.1 Å². The number of hydrogen-bond donors (Lipinski definition) is 1. The van der Waals surface area contributed by atoms with Gasteiger partial charge in [-0.05, 0) is 56.9 Å². The third kappa shape index (κ3) is 6.12. The standard InChI is InChI=1S/C24H21BrClNO3/c1-29-22-14-18(11-12-23(28)27-15-19-9-5-6-10-21(19)26)13-20(25)24(22)30-16-17-7-3-2-4-8-17/h2-14H,15-16H2,1H3,(H,27,28). The molecule has 0 unspecified atom stereocenters. The van der Waals surface area contributed by atoms with Crippen molar-refractivity contribution in [2.24, 2.45) is 0 Å². The van der Waals surface area contributed by atoms with Gasteiger partial charge in [0.2, 0.25) is 5.91 Å². The fraction of sp³-hybridized carbons (Fsp3) is 0.125. The largest absolute Gasteiger partial charge is 0.493 e. The molecular weight excluding hydrogens is 466 g/mol. The van der Waals surface area contributed by atoms with E-state index in [0.717, 1.165) is 21.2 Å². The minimum absolute atomic E-state index is 0.214. The normalized spacial score (nSPS) is 10.8. The molecule has 1 amide bonds. The summed E-state index contributed by atoms with van der Waals surface area (Å²) in [7, 11) is 1.58. The zero-order valence-electron chi connectivity index (χ0n) is 16.4. The Morgan fingerprint density at radius 1 is 1.10 bits per heavy atom. The lowest BCUT2D eigenvalue weighted by atomic mass is 10.1. The number of amides is 1. The van der Waals surface area contributed by atoms with Crippen LogP contribution in [0, 0.1) is 0 Å². The Kier molecular flexibility index (Phi) is 7.94. The van der Waals surface area contributed by atoms with E-state index in [1.165, 1.54) is 6.08 Å². The van der Waals surface area contributed by atoms with Crippen LogP contribution in [0.15, 0.2) is 77.3 Å². The highest BCUT2D eigenvalue weighted by Crippen LogP contribution is 2.37. The zero-order valence-corrected chi connectivity index (χ0v) is 18.7. The molecule has 3 aromatic rings. The molecule has 0 heterocycles. The van der Waals surface area contributed by atoms with Crippen molar-refractivity contribution in [3.05, 3.63) is 99.0 Å². The van der Waals surface area contributed by atoms with Gasteiger partial charge in [0.05, 0.1) is 11.6 Å². The topological polar surface area (TPSA) is 47.6 Å². The molecule has 0 radical (unpaired) electrons. The lowest BCUT2D eigenvalue weighted by Crippen LogP contribution is -2.20. The molecule has 0 fully saturated rings. The summed E-state index contributed by atoms with van der Waals surface area (Å²) in [6.07, 6.45) is 3.19. The Bertz CT molecular complexity index is 1040. The molecule has 0 atom stereocenters. The molecule has 0 saturated heterocycles. The van der Waals surface area contributed by atoms with Gasteiger partial charge in [-0.3, -0.25) is 4.79 Å². The van der Waals surface area contributed by atoms with Crippen molar-refractivity contribution in [3.8, 4) is 11.5 Å². The molecule has 6 heteroatoms. The van der Waals surface area contributed by atoms with Crippen molar-refractivity contribution in [1.82, 2.24) is 5.32 Å². The minimum Gasteiger partial charge on any atom is -0.493 e. The number of carbonyl (C=O) groups is 1. The van der Waals surface area contributed by atoms with Gasteiger partial charge in [0.1, 0.15) is 6.61 Å². The molecule has 1 N–H and O–H groups in total. The van der Waals surface area contributed by atoms with Crippen LogP contribution in [0.4, 0.5) is 0 Å². The van der Waals surface area contributed by atoms with E-state index in [-0.39, 0.29) is 5.91 Å². The van der Waals surface area contributed by atoms with Gasteiger partial charge in [0.15, 0.2) is 11.5 Å². The quantitative estimate of drug-likeness (QED) is 0.396. The molecule has 0 aliphatic rings. The van der Waals surface area contributed by atoms with Gasteiger partial charge in [-0.25, -0.2) is 0 Å². The van der Waals surface area contributed by atoms with Crippen LogP contribution < -0.4 is 14.8 Å². The average Bonchev–Trinajstić information content (AvgIpc) is 2.76. The van der Waals surface area contributed by atoms with E-state index < -0.39 is 0 Å². The number of methoxy groups -OCH3 is 1. The van der Waals surface area contributed by atoms with E-state index in [4.69, 9.17) is 21.1 Å². The molecular formula is C24H21BrClNO3. The molecule has 3 aromatic carbocycles. The van der Waals surface area contributed by atoms with Crippen molar-refractivity contribution in [2.45, 2.75) is 13.2 Å². The number of halogens is 2. The first-order valence-electron chi connectivity index (χ1n) is 9.30. The Balaban J connectivity index is 1.65. The van der Waals surface area contributed by atoms with Crippen LogP contribution in [0.3, 0.4) is 0 Å². The van der Waals surface area contributed by atoms with Crippen LogP contribution >= 0.6 is 27.5 Å². The lowest BCUT2D eigenvalue weighted by molar-refractivity contribution is -0.116. The number of ether oxygens (including phenoxy) is 2. The monoisotopic (exact) mass is 485 g/mol. The Morgan fingerprint density at radius 3 is 2.57 bits per heavy atom. The fourth-order valence-corrected chi connectivity index (χ4v) is 3.54. The first kappa shape index (κ1) is 21.9. The first-order valence-corrected chi connectivity index (χ1v) is 10.5. The highest BCUT2D eigenvalue weighted by molar-refractivity contribution is 9.10. The highest BCUT2D eigenvalue weighted by Gasteiger charge is 2.11. The molecule has 3 rings (SSSR count). The van der Waals surface area contributed by atoms with Crippen LogP contribution in [0.2, 0.25) is 5.02 Å². The molecule has 0 aromatic heterocycles.